The van der Waals surface area contributed by atoms with Gasteiger partial charge in [-0.1, -0.05) is 12.1 Å². The molecule has 1 aromatic carbocycles. The highest BCUT2D eigenvalue weighted by atomic mass is 16.5. The molecule has 0 aromatic heterocycles. The molecule has 5 nitrogen and oxygen atoms in total. The lowest BCUT2D eigenvalue weighted by Crippen LogP contribution is -2.49. The minimum Gasteiger partial charge on any atom is -0.492 e. The summed E-state index contributed by atoms with van der Waals surface area (Å²) in [6, 6.07) is 7.23. The summed E-state index contributed by atoms with van der Waals surface area (Å²) in [5.74, 6) is -0.0461. The first-order valence-corrected chi connectivity index (χ1v) is 7.24. The van der Waals surface area contributed by atoms with E-state index in [1.807, 2.05) is 12.1 Å². The SMILES string of the molecule is CC1(C)CN(CCOc2ccc(CC(=O)O)cc2)CCO1. The van der Waals surface area contributed by atoms with Crippen LogP contribution in [0.2, 0.25) is 0 Å². The molecule has 0 radical (unpaired) electrons. The van der Waals surface area contributed by atoms with E-state index in [1.54, 1.807) is 12.1 Å². The van der Waals surface area contributed by atoms with Gasteiger partial charge in [0.15, 0.2) is 0 Å². The van der Waals surface area contributed by atoms with E-state index in [2.05, 4.69) is 18.7 Å². The molecule has 0 unspecified atom stereocenters. The number of benzene rings is 1. The van der Waals surface area contributed by atoms with E-state index < -0.39 is 5.97 Å². The van der Waals surface area contributed by atoms with Crippen LogP contribution in [0.25, 0.3) is 0 Å². The number of hydrogen-bond donors (Lipinski definition) is 1. The molecule has 1 fully saturated rings. The predicted octanol–water partition coefficient (Wildman–Crippen LogP) is 1.80. The third-order valence-corrected chi connectivity index (χ3v) is 3.46. The summed E-state index contributed by atoms with van der Waals surface area (Å²) in [5, 5.41) is 8.72. The molecule has 1 aliphatic rings. The second-order valence-corrected chi connectivity index (χ2v) is 5.95. The first-order valence-electron chi connectivity index (χ1n) is 7.24. The number of hydrogen-bond acceptors (Lipinski definition) is 4. The standard InChI is InChI=1S/C16H23NO4/c1-16(2)12-17(8-10-21-16)7-9-20-14-5-3-13(4-6-14)11-15(18)19/h3-6H,7-12H2,1-2H3,(H,18,19). The average Bonchev–Trinajstić information content (AvgIpc) is 2.39. The van der Waals surface area contributed by atoms with Gasteiger partial charge in [0.05, 0.1) is 18.6 Å². The summed E-state index contributed by atoms with van der Waals surface area (Å²) >= 11 is 0. The zero-order valence-corrected chi connectivity index (χ0v) is 12.7. The number of carboxylic acids is 1. The van der Waals surface area contributed by atoms with Crippen LogP contribution in [-0.2, 0) is 16.0 Å². The molecule has 0 saturated carbocycles. The van der Waals surface area contributed by atoms with Gasteiger partial charge in [-0.15, -0.1) is 0 Å². The number of rotatable bonds is 6. The zero-order valence-electron chi connectivity index (χ0n) is 12.7. The van der Waals surface area contributed by atoms with Crippen molar-refractivity contribution in [3.8, 4) is 5.75 Å². The van der Waals surface area contributed by atoms with Crippen LogP contribution in [0.5, 0.6) is 5.75 Å². The summed E-state index contributed by atoms with van der Waals surface area (Å²) < 4.78 is 11.4. The van der Waals surface area contributed by atoms with E-state index in [9.17, 15) is 4.79 Å². The Morgan fingerprint density at radius 3 is 2.71 bits per heavy atom. The van der Waals surface area contributed by atoms with E-state index in [-0.39, 0.29) is 12.0 Å². The van der Waals surface area contributed by atoms with E-state index in [0.29, 0.717) is 6.61 Å². The fraction of sp³-hybridized carbons (Fsp3) is 0.562. The summed E-state index contributed by atoms with van der Waals surface area (Å²) in [4.78, 5) is 12.9. The van der Waals surface area contributed by atoms with Crippen molar-refractivity contribution in [2.45, 2.75) is 25.9 Å². The van der Waals surface area contributed by atoms with Gasteiger partial charge < -0.3 is 14.6 Å². The molecule has 1 heterocycles. The Bertz CT molecular complexity index is 470. The van der Waals surface area contributed by atoms with Gasteiger partial charge in [0, 0.05) is 19.6 Å². The van der Waals surface area contributed by atoms with Crippen LogP contribution >= 0.6 is 0 Å². The van der Waals surface area contributed by atoms with Crippen LogP contribution in [0.1, 0.15) is 19.4 Å². The van der Waals surface area contributed by atoms with Crippen molar-refractivity contribution in [1.29, 1.82) is 0 Å². The van der Waals surface area contributed by atoms with E-state index in [4.69, 9.17) is 14.6 Å². The molecule has 1 N–H and O–H groups in total. The Hall–Kier alpha value is -1.59. The number of morpholine rings is 1. The smallest absolute Gasteiger partial charge is 0.307 e. The number of ether oxygens (including phenoxy) is 2. The molecule has 0 atom stereocenters. The maximum atomic E-state index is 10.6. The topological polar surface area (TPSA) is 59.0 Å². The third kappa shape index (κ3) is 5.36. The molecule has 1 aromatic rings. The minimum absolute atomic E-state index is 0.0448. The maximum Gasteiger partial charge on any atom is 0.307 e. The Balaban J connectivity index is 1.74. The van der Waals surface area contributed by atoms with Crippen LogP contribution in [0.4, 0.5) is 0 Å². The highest BCUT2D eigenvalue weighted by Gasteiger charge is 2.26. The van der Waals surface area contributed by atoms with Crippen molar-refractivity contribution in [2.24, 2.45) is 0 Å². The van der Waals surface area contributed by atoms with E-state index in [0.717, 1.165) is 37.6 Å². The number of aliphatic carboxylic acids is 1. The normalized spacial score (nSPS) is 18.4. The lowest BCUT2D eigenvalue weighted by Gasteiger charge is -2.38. The highest BCUT2D eigenvalue weighted by molar-refractivity contribution is 5.70. The van der Waals surface area contributed by atoms with E-state index >= 15 is 0 Å². The number of nitrogens with zero attached hydrogens (tertiary/aromatic N) is 1. The largest absolute Gasteiger partial charge is 0.492 e. The van der Waals surface area contributed by atoms with Gasteiger partial charge in [0.1, 0.15) is 12.4 Å². The molecule has 5 heteroatoms. The number of carboxylic acid groups (broad SMARTS) is 1. The highest BCUT2D eigenvalue weighted by Crippen LogP contribution is 2.16. The Labute approximate surface area is 125 Å². The quantitative estimate of drug-likeness (QED) is 0.866. The third-order valence-electron chi connectivity index (χ3n) is 3.46. The van der Waals surface area contributed by atoms with Gasteiger partial charge in [-0.05, 0) is 31.5 Å². The first kappa shape index (κ1) is 15.8. The molecule has 21 heavy (non-hydrogen) atoms. The molecule has 2 rings (SSSR count). The molecule has 0 amide bonds. The van der Waals surface area contributed by atoms with Gasteiger partial charge in [-0.3, -0.25) is 9.69 Å². The summed E-state index contributed by atoms with van der Waals surface area (Å²) in [7, 11) is 0. The van der Waals surface area contributed by atoms with Crippen molar-refractivity contribution in [2.75, 3.05) is 32.8 Å². The maximum absolute atomic E-state index is 10.6. The number of carbonyl (C=O) groups is 1. The molecular formula is C16H23NO4. The van der Waals surface area contributed by atoms with Crippen molar-refractivity contribution in [3.05, 3.63) is 29.8 Å². The van der Waals surface area contributed by atoms with Gasteiger partial charge in [-0.2, -0.15) is 0 Å². The Kier molecular flexibility index (Phi) is 5.20. The second-order valence-electron chi connectivity index (χ2n) is 5.95. The minimum atomic E-state index is -0.821. The van der Waals surface area contributed by atoms with Crippen LogP contribution in [-0.4, -0.2) is 54.4 Å². The zero-order chi connectivity index (χ0) is 15.3. The second kappa shape index (κ2) is 6.91. The van der Waals surface area contributed by atoms with Crippen LogP contribution in [0.3, 0.4) is 0 Å². The average molecular weight is 293 g/mol. The van der Waals surface area contributed by atoms with E-state index in [1.165, 1.54) is 0 Å². The van der Waals surface area contributed by atoms with Crippen molar-refractivity contribution >= 4 is 5.97 Å². The van der Waals surface area contributed by atoms with Gasteiger partial charge in [0.25, 0.3) is 0 Å². The lowest BCUT2D eigenvalue weighted by atomic mass is 10.1. The fourth-order valence-corrected chi connectivity index (χ4v) is 2.48. The molecular weight excluding hydrogens is 270 g/mol. The van der Waals surface area contributed by atoms with Crippen LogP contribution in [0.15, 0.2) is 24.3 Å². The lowest BCUT2D eigenvalue weighted by molar-refractivity contribution is -0.136. The predicted molar refractivity (Wildman–Crippen MR) is 79.7 cm³/mol. The van der Waals surface area contributed by atoms with Crippen molar-refractivity contribution in [3.63, 3.8) is 0 Å². The summed E-state index contributed by atoms with van der Waals surface area (Å²) in [6.45, 7) is 8.29. The molecule has 0 spiro atoms. The van der Waals surface area contributed by atoms with Gasteiger partial charge in [-0.25, -0.2) is 0 Å². The monoisotopic (exact) mass is 293 g/mol. The van der Waals surface area contributed by atoms with Crippen molar-refractivity contribution < 1.29 is 19.4 Å². The molecule has 1 saturated heterocycles. The Morgan fingerprint density at radius 2 is 2.10 bits per heavy atom. The van der Waals surface area contributed by atoms with Gasteiger partial charge in [0.2, 0.25) is 0 Å². The first-order chi connectivity index (χ1) is 9.94. The molecule has 116 valence electrons. The molecule has 0 bridgehead atoms. The van der Waals surface area contributed by atoms with Gasteiger partial charge >= 0.3 is 5.97 Å². The summed E-state index contributed by atoms with van der Waals surface area (Å²) in [6.07, 6.45) is 0.0448. The molecule has 0 aliphatic carbocycles. The fourth-order valence-electron chi connectivity index (χ4n) is 2.48. The van der Waals surface area contributed by atoms with Crippen LogP contribution < -0.4 is 4.74 Å². The van der Waals surface area contributed by atoms with Crippen LogP contribution in [0, 0.1) is 0 Å². The Morgan fingerprint density at radius 1 is 1.38 bits per heavy atom. The molecule has 1 aliphatic heterocycles. The van der Waals surface area contributed by atoms with Crippen molar-refractivity contribution in [1.82, 2.24) is 4.90 Å². The summed E-state index contributed by atoms with van der Waals surface area (Å²) in [5.41, 5.74) is 0.696.